The largest absolute Gasteiger partial charge is 0.490 e. The van der Waals surface area contributed by atoms with Crippen molar-refractivity contribution in [3.63, 3.8) is 0 Å². The second-order valence-corrected chi connectivity index (χ2v) is 7.82. The van der Waals surface area contributed by atoms with Crippen molar-refractivity contribution in [2.45, 2.75) is 39.3 Å². The Morgan fingerprint density at radius 1 is 1.18 bits per heavy atom. The molecule has 0 aliphatic rings. The lowest BCUT2D eigenvalue weighted by Gasteiger charge is -2.16. The highest BCUT2D eigenvalue weighted by molar-refractivity contribution is 6.05. The lowest BCUT2D eigenvalue weighted by Crippen LogP contribution is -2.32. The fourth-order valence-corrected chi connectivity index (χ4v) is 3.88. The van der Waals surface area contributed by atoms with Crippen LogP contribution in [0.5, 0.6) is 11.5 Å². The summed E-state index contributed by atoms with van der Waals surface area (Å²) in [6.45, 7) is 6.60. The normalized spacial score (nSPS) is 11.7. The highest BCUT2D eigenvalue weighted by Crippen LogP contribution is 2.26. The minimum Gasteiger partial charge on any atom is -0.490 e. The van der Waals surface area contributed by atoms with E-state index >= 15 is 0 Å². The number of para-hydroxylation sites is 2. The van der Waals surface area contributed by atoms with Crippen molar-refractivity contribution in [1.29, 1.82) is 0 Å². The number of nitrogens with one attached hydrogen (secondary N) is 1. The van der Waals surface area contributed by atoms with Crippen LogP contribution in [-0.2, 0) is 13.0 Å². The van der Waals surface area contributed by atoms with E-state index in [9.17, 15) is 4.79 Å². The molecule has 0 saturated heterocycles. The molecule has 3 aromatic rings. The number of hydrogen-bond donors (Lipinski definition) is 3. The Labute approximate surface area is 201 Å². The number of nitrogens with two attached hydrogens (primary N) is 1. The number of benzene rings is 2. The number of aromatic nitrogens is 1. The van der Waals surface area contributed by atoms with Crippen molar-refractivity contribution in [2.75, 3.05) is 26.4 Å². The maximum Gasteiger partial charge on any atom is 0.250 e. The quantitative estimate of drug-likeness (QED) is 0.328. The summed E-state index contributed by atoms with van der Waals surface area (Å²) in [5.41, 5.74) is 8.08. The number of aliphatic hydroxyl groups excluding tert-OH is 1. The molecule has 1 atom stereocenters. The lowest BCUT2D eigenvalue weighted by molar-refractivity contribution is 0.100. The van der Waals surface area contributed by atoms with Gasteiger partial charge in [0.25, 0.3) is 5.91 Å². The summed E-state index contributed by atoms with van der Waals surface area (Å²) < 4.78 is 13.4. The van der Waals surface area contributed by atoms with Gasteiger partial charge in [0.1, 0.15) is 6.61 Å². The highest BCUT2D eigenvalue weighted by atomic mass is 35.5. The van der Waals surface area contributed by atoms with Crippen molar-refractivity contribution >= 4 is 29.2 Å². The molecule has 0 fully saturated rings. The van der Waals surface area contributed by atoms with Crippen molar-refractivity contribution < 1.29 is 19.4 Å². The fourth-order valence-electron chi connectivity index (χ4n) is 3.88. The Bertz CT molecular complexity index is 1040. The molecule has 0 unspecified atom stereocenters. The first-order valence-electron chi connectivity index (χ1n) is 11.1. The number of aliphatic hydroxyl groups is 1. The molecule has 7 nitrogen and oxygen atoms in total. The molecule has 0 aliphatic carbocycles. The van der Waals surface area contributed by atoms with Gasteiger partial charge in [0.15, 0.2) is 11.5 Å². The molecule has 0 aliphatic heterocycles. The number of fused-ring (bicyclic) bond motifs is 1. The third-order valence-electron chi connectivity index (χ3n) is 5.29. The fraction of sp³-hybridized carbons (Fsp3) is 0.400. The zero-order valence-electron chi connectivity index (χ0n) is 19.3. The van der Waals surface area contributed by atoms with E-state index < -0.39 is 5.91 Å². The molecule has 1 aromatic heterocycles. The van der Waals surface area contributed by atoms with Gasteiger partial charge in [-0.2, -0.15) is 0 Å². The maximum absolute atomic E-state index is 12.1. The van der Waals surface area contributed by atoms with Crippen LogP contribution >= 0.6 is 12.4 Å². The van der Waals surface area contributed by atoms with Gasteiger partial charge >= 0.3 is 0 Å². The van der Waals surface area contributed by atoms with Crippen LogP contribution in [-0.4, -0.2) is 48.0 Å². The first kappa shape index (κ1) is 26.5. The molecule has 33 heavy (non-hydrogen) atoms. The van der Waals surface area contributed by atoms with E-state index in [-0.39, 0.29) is 25.1 Å². The van der Waals surface area contributed by atoms with E-state index in [0.29, 0.717) is 38.3 Å². The van der Waals surface area contributed by atoms with E-state index in [1.54, 1.807) is 0 Å². The molecule has 0 bridgehead atoms. The van der Waals surface area contributed by atoms with Crippen LogP contribution < -0.4 is 20.5 Å². The molecule has 0 spiro atoms. The Kier molecular flexibility index (Phi) is 10.5. The van der Waals surface area contributed by atoms with E-state index in [0.717, 1.165) is 34.4 Å². The SMILES string of the molecule is CCOc1ccccc1OCCN[C@H](C)Cc1cc(C(N)=O)c2c(ccn2CCCO)c1.Cl. The van der Waals surface area contributed by atoms with Gasteiger partial charge in [0.2, 0.25) is 0 Å². The smallest absolute Gasteiger partial charge is 0.250 e. The summed E-state index contributed by atoms with van der Waals surface area (Å²) in [6, 6.07) is 13.8. The monoisotopic (exact) mass is 475 g/mol. The highest BCUT2D eigenvalue weighted by Gasteiger charge is 2.14. The maximum atomic E-state index is 12.1. The van der Waals surface area contributed by atoms with Crippen molar-refractivity contribution in [1.82, 2.24) is 9.88 Å². The minimum atomic E-state index is -0.442. The zero-order valence-corrected chi connectivity index (χ0v) is 20.1. The Hall–Kier alpha value is -2.74. The molecule has 0 saturated carbocycles. The number of ether oxygens (including phenoxy) is 2. The molecule has 2 aromatic carbocycles. The molecule has 3 rings (SSSR count). The van der Waals surface area contributed by atoms with Gasteiger partial charge in [-0.15, -0.1) is 12.4 Å². The van der Waals surface area contributed by atoms with Gasteiger partial charge in [-0.25, -0.2) is 0 Å². The molecule has 8 heteroatoms. The second-order valence-electron chi connectivity index (χ2n) is 7.82. The van der Waals surface area contributed by atoms with Gasteiger partial charge in [0, 0.05) is 37.3 Å². The number of nitrogens with zero attached hydrogens (tertiary/aromatic N) is 1. The molecule has 180 valence electrons. The number of rotatable bonds is 13. The third kappa shape index (κ3) is 7.12. The number of halogens is 1. The number of carbonyl (C=O) groups is 1. The topological polar surface area (TPSA) is 98.7 Å². The molecule has 4 N–H and O–H groups in total. The van der Waals surface area contributed by atoms with Crippen LogP contribution in [0.2, 0.25) is 0 Å². The Balaban J connectivity index is 0.00000385. The number of carbonyl (C=O) groups excluding carboxylic acids is 1. The predicted octanol–water partition coefficient (Wildman–Crippen LogP) is 3.54. The second kappa shape index (κ2) is 13.1. The number of amides is 1. The first-order valence-corrected chi connectivity index (χ1v) is 11.1. The summed E-state index contributed by atoms with van der Waals surface area (Å²) in [7, 11) is 0. The molecule has 1 amide bonds. The summed E-state index contributed by atoms with van der Waals surface area (Å²) in [6.07, 6.45) is 3.32. The van der Waals surface area contributed by atoms with E-state index in [4.69, 9.17) is 20.3 Å². The number of aryl methyl sites for hydroxylation is 1. The molecule has 1 heterocycles. The minimum absolute atomic E-state index is 0. The van der Waals surface area contributed by atoms with Crippen LogP contribution in [0.4, 0.5) is 0 Å². The van der Waals surface area contributed by atoms with E-state index in [2.05, 4.69) is 18.3 Å². The van der Waals surface area contributed by atoms with Crippen molar-refractivity contribution in [2.24, 2.45) is 5.73 Å². The van der Waals surface area contributed by atoms with Crippen LogP contribution in [0.25, 0.3) is 10.9 Å². The lowest BCUT2D eigenvalue weighted by atomic mass is 10.0. The van der Waals surface area contributed by atoms with Crippen LogP contribution in [0.15, 0.2) is 48.7 Å². The van der Waals surface area contributed by atoms with Gasteiger partial charge in [-0.1, -0.05) is 12.1 Å². The average Bonchev–Trinajstić information content (AvgIpc) is 3.18. The average molecular weight is 476 g/mol. The van der Waals surface area contributed by atoms with Gasteiger partial charge in [-0.3, -0.25) is 4.79 Å². The molecular weight excluding hydrogens is 442 g/mol. The summed E-state index contributed by atoms with van der Waals surface area (Å²) in [4.78, 5) is 12.1. The Morgan fingerprint density at radius 2 is 1.91 bits per heavy atom. The zero-order chi connectivity index (χ0) is 22.9. The van der Waals surface area contributed by atoms with E-state index in [1.165, 1.54) is 0 Å². The number of hydrogen-bond acceptors (Lipinski definition) is 5. The summed E-state index contributed by atoms with van der Waals surface area (Å²) >= 11 is 0. The van der Waals surface area contributed by atoms with Crippen LogP contribution in [0.3, 0.4) is 0 Å². The van der Waals surface area contributed by atoms with Crippen molar-refractivity contribution in [3.05, 3.63) is 59.8 Å². The van der Waals surface area contributed by atoms with Gasteiger partial charge in [0.05, 0.1) is 17.7 Å². The Morgan fingerprint density at radius 3 is 2.58 bits per heavy atom. The first-order chi connectivity index (χ1) is 15.5. The van der Waals surface area contributed by atoms with Crippen molar-refractivity contribution in [3.8, 4) is 11.5 Å². The van der Waals surface area contributed by atoms with Crippen LogP contribution in [0, 0.1) is 0 Å². The predicted molar refractivity (Wildman–Crippen MR) is 134 cm³/mol. The van der Waals surface area contributed by atoms with Crippen LogP contribution in [0.1, 0.15) is 36.2 Å². The summed E-state index contributed by atoms with van der Waals surface area (Å²) in [5.74, 6) is 1.05. The van der Waals surface area contributed by atoms with Gasteiger partial charge in [-0.05, 0) is 62.6 Å². The molecule has 0 radical (unpaired) electrons. The summed E-state index contributed by atoms with van der Waals surface area (Å²) in [5, 5.41) is 13.6. The third-order valence-corrected chi connectivity index (χ3v) is 5.29. The van der Waals surface area contributed by atoms with Gasteiger partial charge < -0.3 is 30.2 Å². The molecular formula is C25H34ClN3O4. The van der Waals surface area contributed by atoms with E-state index in [1.807, 2.05) is 54.1 Å². The number of primary amides is 1. The standard InChI is InChI=1S/C25H33N3O4.ClH/c1-3-31-22-7-4-5-8-23(22)32-14-10-27-18(2)15-19-16-20-9-12-28(11-6-13-29)24(20)21(17-19)25(26)30;/h4-5,7-9,12,16-18,27,29H,3,6,10-11,13-15H2,1-2H3,(H2,26,30);1H/t18-;/m1./s1.